The van der Waals surface area contributed by atoms with Gasteiger partial charge in [-0.2, -0.15) is 0 Å². The minimum absolute atomic E-state index is 0.216. The van der Waals surface area contributed by atoms with Gasteiger partial charge in [0.1, 0.15) is 6.61 Å². The maximum atomic E-state index is 12.6. The number of ether oxygens (including phenoxy) is 1. The topological polar surface area (TPSA) is 66.8 Å². The van der Waals surface area contributed by atoms with Crippen molar-refractivity contribution in [2.24, 2.45) is 22.7 Å². The molecule has 3 rings (SSSR count). The highest BCUT2D eigenvalue weighted by atomic mass is 16.6. The van der Waals surface area contributed by atoms with Crippen LogP contribution < -0.4 is 0 Å². The summed E-state index contributed by atoms with van der Waals surface area (Å²) in [6.07, 6.45) is 4.56. The lowest BCUT2D eigenvalue weighted by molar-refractivity contribution is -0.146. The van der Waals surface area contributed by atoms with E-state index in [-0.39, 0.29) is 24.0 Å². The van der Waals surface area contributed by atoms with Crippen LogP contribution in [0.15, 0.2) is 30.3 Å². The first kappa shape index (κ1) is 20.7. The molecule has 1 N–H and O–H groups in total. The van der Waals surface area contributed by atoms with Crippen LogP contribution in [0, 0.1) is 22.7 Å². The number of rotatable bonds is 5. The lowest BCUT2D eigenvalue weighted by Crippen LogP contribution is -2.41. The number of aliphatic carboxylic acids is 1. The number of hydrogen-bond acceptors (Lipinski definition) is 3. The number of nitrogens with zero attached hydrogens (tertiary/aromatic N) is 1. The van der Waals surface area contributed by atoms with Gasteiger partial charge in [-0.1, -0.05) is 57.5 Å². The molecular weight excluding hydrogens is 354 g/mol. The van der Waals surface area contributed by atoms with E-state index in [4.69, 9.17) is 4.74 Å². The molecule has 1 saturated carbocycles. The van der Waals surface area contributed by atoms with Crippen LogP contribution in [-0.4, -0.2) is 35.2 Å². The van der Waals surface area contributed by atoms with Crippen LogP contribution in [0.25, 0.3) is 0 Å². The van der Waals surface area contributed by atoms with Crippen LogP contribution in [0.2, 0.25) is 0 Å². The smallest absolute Gasteiger partial charge is 0.410 e. The first-order valence-corrected chi connectivity index (χ1v) is 10.5. The summed E-state index contributed by atoms with van der Waals surface area (Å²) in [7, 11) is 0. The lowest BCUT2D eigenvalue weighted by atomic mass is 9.60. The Bertz CT molecular complexity index is 692. The minimum Gasteiger partial charge on any atom is -0.481 e. The molecule has 1 aromatic carbocycles. The summed E-state index contributed by atoms with van der Waals surface area (Å²) >= 11 is 0. The number of carbonyl (C=O) groups is 2. The molecule has 5 nitrogen and oxygen atoms in total. The molecule has 1 aliphatic heterocycles. The van der Waals surface area contributed by atoms with E-state index < -0.39 is 18.0 Å². The van der Waals surface area contributed by atoms with Crippen molar-refractivity contribution in [2.45, 2.75) is 59.5 Å². The number of carboxylic acids is 1. The number of carbonyl (C=O) groups excluding carboxylic acids is 1. The molecule has 2 aliphatic rings. The molecule has 2 fully saturated rings. The van der Waals surface area contributed by atoms with Gasteiger partial charge in [0.15, 0.2) is 0 Å². The fraction of sp³-hybridized carbons (Fsp3) is 0.652. The van der Waals surface area contributed by atoms with Crippen molar-refractivity contribution in [1.29, 1.82) is 0 Å². The summed E-state index contributed by atoms with van der Waals surface area (Å²) < 4.78 is 5.46. The molecule has 1 heterocycles. The van der Waals surface area contributed by atoms with Crippen molar-refractivity contribution in [3.8, 4) is 0 Å². The summed E-state index contributed by atoms with van der Waals surface area (Å²) in [5.41, 5.74) is 0.910. The van der Waals surface area contributed by atoms with Crippen molar-refractivity contribution in [2.75, 3.05) is 13.1 Å². The number of benzene rings is 1. The van der Waals surface area contributed by atoms with Crippen molar-refractivity contribution >= 4 is 12.1 Å². The average Bonchev–Trinajstić information content (AvgIpc) is 3.06. The number of amides is 1. The van der Waals surface area contributed by atoms with E-state index in [1.807, 2.05) is 30.3 Å². The monoisotopic (exact) mass is 387 g/mol. The van der Waals surface area contributed by atoms with E-state index >= 15 is 0 Å². The molecule has 28 heavy (non-hydrogen) atoms. The molecule has 154 valence electrons. The van der Waals surface area contributed by atoms with Gasteiger partial charge in [0.2, 0.25) is 0 Å². The molecular formula is C23H33NO4. The molecule has 5 heteroatoms. The van der Waals surface area contributed by atoms with Crippen LogP contribution in [0.4, 0.5) is 4.79 Å². The number of likely N-dealkylation sites (tertiary alicyclic amines) is 1. The van der Waals surface area contributed by atoms with Crippen molar-refractivity contribution < 1.29 is 19.4 Å². The van der Waals surface area contributed by atoms with Gasteiger partial charge in [-0.15, -0.1) is 0 Å². The molecule has 1 unspecified atom stereocenters. The molecule has 1 amide bonds. The van der Waals surface area contributed by atoms with Crippen molar-refractivity contribution in [3.63, 3.8) is 0 Å². The van der Waals surface area contributed by atoms with E-state index in [0.29, 0.717) is 12.5 Å². The van der Waals surface area contributed by atoms with Crippen LogP contribution >= 0.6 is 0 Å². The summed E-state index contributed by atoms with van der Waals surface area (Å²) in [4.78, 5) is 26.2. The molecule has 1 aliphatic carbocycles. The highest BCUT2D eigenvalue weighted by Gasteiger charge is 2.53. The van der Waals surface area contributed by atoms with Crippen molar-refractivity contribution in [1.82, 2.24) is 4.90 Å². The van der Waals surface area contributed by atoms with Gasteiger partial charge < -0.3 is 14.7 Å². The zero-order valence-electron chi connectivity index (χ0n) is 17.3. The van der Waals surface area contributed by atoms with Gasteiger partial charge in [0, 0.05) is 18.5 Å². The van der Waals surface area contributed by atoms with Gasteiger partial charge in [0.05, 0.1) is 5.92 Å². The largest absolute Gasteiger partial charge is 0.481 e. The summed E-state index contributed by atoms with van der Waals surface area (Å²) in [5, 5.41) is 9.83. The molecule has 1 spiro atoms. The predicted octanol–water partition coefficient (Wildman–Crippen LogP) is 4.95. The van der Waals surface area contributed by atoms with Crippen LogP contribution in [-0.2, 0) is 16.1 Å². The SMILES string of the molecule is CCC(C)(C)C1CCC2(CC1)CN(C(=O)OCc1ccccc1)CC2C(=O)O. The van der Waals surface area contributed by atoms with E-state index in [9.17, 15) is 14.7 Å². The molecule has 0 bridgehead atoms. The van der Waals surface area contributed by atoms with Gasteiger partial charge >= 0.3 is 12.1 Å². The Kier molecular flexibility index (Phi) is 6.01. The van der Waals surface area contributed by atoms with Crippen molar-refractivity contribution in [3.05, 3.63) is 35.9 Å². The number of hydrogen-bond donors (Lipinski definition) is 1. The molecule has 1 saturated heterocycles. The molecule has 1 aromatic rings. The lowest BCUT2D eigenvalue weighted by Gasteiger charge is -2.44. The third-order valence-electron chi connectivity index (χ3n) is 7.41. The summed E-state index contributed by atoms with van der Waals surface area (Å²) in [6.45, 7) is 7.82. The van der Waals surface area contributed by atoms with Gasteiger partial charge in [-0.3, -0.25) is 4.79 Å². The molecule has 1 atom stereocenters. The van der Waals surface area contributed by atoms with E-state index in [0.717, 1.165) is 37.7 Å². The molecule has 0 radical (unpaired) electrons. The van der Waals surface area contributed by atoms with E-state index in [2.05, 4.69) is 20.8 Å². The maximum Gasteiger partial charge on any atom is 0.410 e. The van der Waals surface area contributed by atoms with Gasteiger partial charge in [0.25, 0.3) is 0 Å². The fourth-order valence-corrected chi connectivity index (χ4v) is 5.03. The quantitative estimate of drug-likeness (QED) is 0.776. The average molecular weight is 388 g/mol. The molecule has 0 aromatic heterocycles. The number of carboxylic acid groups (broad SMARTS) is 1. The second-order valence-electron chi connectivity index (χ2n) is 9.29. The standard InChI is InChI=1S/C23H33NO4/c1-4-22(2,3)18-10-12-23(13-11-18)16-24(14-19(23)20(25)26)21(27)28-15-17-8-6-5-7-9-17/h5-9,18-19H,4,10-16H2,1-3H3,(H,25,26). The first-order chi connectivity index (χ1) is 13.3. The Morgan fingerprint density at radius 3 is 2.43 bits per heavy atom. The Morgan fingerprint density at radius 1 is 1.21 bits per heavy atom. The Hall–Kier alpha value is -2.04. The second-order valence-corrected chi connectivity index (χ2v) is 9.29. The fourth-order valence-electron chi connectivity index (χ4n) is 5.03. The zero-order chi connectivity index (χ0) is 20.4. The van der Waals surface area contributed by atoms with Crippen LogP contribution in [0.3, 0.4) is 0 Å². The third kappa shape index (κ3) is 4.18. The van der Waals surface area contributed by atoms with E-state index in [1.165, 1.54) is 0 Å². The predicted molar refractivity (Wildman–Crippen MR) is 108 cm³/mol. The Balaban J connectivity index is 1.64. The maximum absolute atomic E-state index is 12.6. The van der Waals surface area contributed by atoms with Gasteiger partial charge in [-0.25, -0.2) is 4.79 Å². The third-order valence-corrected chi connectivity index (χ3v) is 7.41. The highest BCUT2D eigenvalue weighted by Crippen LogP contribution is 2.52. The Morgan fingerprint density at radius 2 is 1.86 bits per heavy atom. The van der Waals surface area contributed by atoms with Gasteiger partial charge in [-0.05, 0) is 42.6 Å². The minimum atomic E-state index is -0.786. The van der Waals surface area contributed by atoms with Crippen LogP contribution in [0.5, 0.6) is 0 Å². The second kappa shape index (κ2) is 8.14. The Labute approximate surface area is 168 Å². The van der Waals surface area contributed by atoms with Crippen LogP contribution in [0.1, 0.15) is 58.4 Å². The summed E-state index contributed by atoms with van der Waals surface area (Å²) in [6, 6.07) is 9.56. The van der Waals surface area contributed by atoms with E-state index in [1.54, 1.807) is 4.90 Å². The summed E-state index contributed by atoms with van der Waals surface area (Å²) in [5.74, 6) is -0.661. The highest BCUT2D eigenvalue weighted by molar-refractivity contribution is 5.75. The normalized spacial score (nSPS) is 27.8. The zero-order valence-corrected chi connectivity index (χ0v) is 17.3. The first-order valence-electron chi connectivity index (χ1n) is 10.5.